The lowest BCUT2D eigenvalue weighted by molar-refractivity contribution is -0.145. The molecule has 0 aromatic carbocycles. The summed E-state index contributed by atoms with van der Waals surface area (Å²) in [5.74, 6) is -0.712. The van der Waals surface area contributed by atoms with Crippen molar-refractivity contribution < 1.29 is 14.7 Å². The first-order valence-corrected chi connectivity index (χ1v) is 15.7. The molecule has 1 N–H and O–H groups in total. The molecule has 0 bridgehead atoms. The maximum atomic E-state index is 12.2. The molecular weight excluding hydrogens is 540 g/mol. The van der Waals surface area contributed by atoms with Gasteiger partial charge in [0.1, 0.15) is 0 Å². The standard InChI is InChI=1S/C41H54O3/c1-28(18-14-20-30(3)22-24-35-32(5)33(6)37(42)26-40(35,8)9)16-12-13-17-29(2)19-15-21-31(4)23-25-36-34(7)39(44)38(43)27-41(36,10)11/h12-25,34,36-37,42H,6,26-27H2,1-5,7-11H3/b13-12+,18-14+,19-15+,24-22+,25-23?,28-16+,29-17+,30-20+,31-21?/t34?,36?,37-/m0/s1. The monoisotopic (exact) mass is 594 g/mol. The van der Waals surface area contributed by atoms with E-state index in [4.69, 9.17) is 0 Å². The topological polar surface area (TPSA) is 54.4 Å². The number of carbonyl (C=O) groups excluding carboxylic acids is 2. The summed E-state index contributed by atoms with van der Waals surface area (Å²) in [6.07, 6.45) is 29.6. The first kappa shape index (κ1) is 36.6. The predicted octanol–water partition coefficient (Wildman–Crippen LogP) is 10.0. The number of hydrogen-bond acceptors (Lipinski definition) is 3. The summed E-state index contributed by atoms with van der Waals surface area (Å²) >= 11 is 0. The van der Waals surface area contributed by atoms with Gasteiger partial charge in [-0.2, -0.15) is 0 Å². The van der Waals surface area contributed by atoms with Crippen LogP contribution in [0.5, 0.6) is 0 Å². The normalized spacial score (nSPS) is 26.2. The Morgan fingerprint density at radius 2 is 1.27 bits per heavy atom. The molecule has 0 radical (unpaired) electrons. The van der Waals surface area contributed by atoms with Crippen LogP contribution < -0.4 is 0 Å². The molecule has 3 heteroatoms. The molecule has 0 aromatic rings. The highest BCUT2D eigenvalue weighted by Crippen LogP contribution is 2.43. The van der Waals surface area contributed by atoms with E-state index in [2.05, 4.69) is 122 Å². The minimum Gasteiger partial charge on any atom is -0.388 e. The van der Waals surface area contributed by atoms with Gasteiger partial charge in [0.2, 0.25) is 5.78 Å². The van der Waals surface area contributed by atoms with E-state index in [0.29, 0.717) is 12.8 Å². The van der Waals surface area contributed by atoms with Gasteiger partial charge in [0.15, 0.2) is 5.78 Å². The van der Waals surface area contributed by atoms with Crippen molar-refractivity contribution >= 4 is 11.6 Å². The van der Waals surface area contributed by atoms with Gasteiger partial charge in [-0.25, -0.2) is 0 Å². The highest BCUT2D eigenvalue weighted by Gasteiger charge is 2.44. The minimum absolute atomic E-state index is 0.0499. The van der Waals surface area contributed by atoms with Crippen LogP contribution in [-0.2, 0) is 9.59 Å². The van der Waals surface area contributed by atoms with E-state index in [1.54, 1.807) is 0 Å². The average Bonchev–Trinajstić information content (AvgIpc) is 2.92. The van der Waals surface area contributed by atoms with Crippen LogP contribution in [0.1, 0.15) is 82.1 Å². The van der Waals surface area contributed by atoms with Crippen LogP contribution in [0.3, 0.4) is 0 Å². The number of hydrogen-bond donors (Lipinski definition) is 1. The van der Waals surface area contributed by atoms with E-state index in [-0.39, 0.29) is 34.2 Å². The Labute approximate surface area is 267 Å². The maximum absolute atomic E-state index is 12.2. The fourth-order valence-electron chi connectivity index (χ4n) is 5.95. The third kappa shape index (κ3) is 10.6. The van der Waals surface area contributed by atoms with Gasteiger partial charge < -0.3 is 5.11 Å². The highest BCUT2D eigenvalue weighted by molar-refractivity contribution is 6.38. The number of carbonyl (C=O) groups is 2. The fourth-order valence-corrected chi connectivity index (χ4v) is 5.95. The summed E-state index contributed by atoms with van der Waals surface area (Å²) in [6.45, 7) is 24.7. The second kappa shape index (κ2) is 16.0. The second-order valence-corrected chi connectivity index (χ2v) is 13.9. The molecule has 1 saturated carbocycles. The molecule has 0 aromatic heterocycles. The van der Waals surface area contributed by atoms with Gasteiger partial charge in [0.05, 0.1) is 6.10 Å². The number of Topliss-reactive ketones (excluding diaryl/α,β-unsaturated/α-hetero) is 2. The Bertz CT molecular complexity index is 1420. The van der Waals surface area contributed by atoms with Crippen LogP contribution >= 0.6 is 0 Å². The summed E-state index contributed by atoms with van der Waals surface area (Å²) in [5, 5.41) is 10.3. The molecule has 3 nitrogen and oxygen atoms in total. The molecule has 2 unspecified atom stereocenters. The molecule has 0 amide bonds. The Hall–Kier alpha value is -3.56. The SMILES string of the molecule is C=C1C(C)=C(/C=C/C(C)=C/C=C/C(C)=C/C=C/C=C(C)/C=C/C=C(C)C=CC2C(C)C(=O)C(=O)CC2(C)C)C(C)(C)C[C@@H]1O. The molecule has 44 heavy (non-hydrogen) atoms. The quantitative estimate of drug-likeness (QED) is 0.202. The largest absolute Gasteiger partial charge is 0.388 e. The predicted molar refractivity (Wildman–Crippen MR) is 188 cm³/mol. The highest BCUT2D eigenvalue weighted by atomic mass is 16.3. The molecule has 2 rings (SSSR count). The Balaban J connectivity index is 1.93. The van der Waals surface area contributed by atoms with E-state index in [0.717, 1.165) is 33.4 Å². The lowest BCUT2D eigenvalue weighted by atomic mass is 9.63. The molecule has 1 fully saturated rings. The number of ketones is 2. The van der Waals surface area contributed by atoms with E-state index in [9.17, 15) is 14.7 Å². The minimum atomic E-state index is -0.463. The fraction of sp³-hybridized carbons (Fsp3) is 0.415. The Kier molecular flexibility index (Phi) is 13.3. The maximum Gasteiger partial charge on any atom is 0.201 e. The van der Waals surface area contributed by atoms with Crippen LogP contribution in [0.15, 0.2) is 131 Å². The van der Waals surface area contributed by atoms with Crippen molar-refractivity contribution in [3.05, 3.63) is 131 Å². The summed E-state index contributed by atoms with van der Waals surface area (Å²) in [7, 11) is 0. The van der Waals surface area contributed by atoms with E-state index < -0.39 is 6.10 Å². The van der Waals surface area contributed by atoms with Crippen LogP contribution in [0.2, 0.25) is 0 Å². The third-order valence-corrected chi connectivity index (χ3v) is 8.81. The first-order chi connectivity index (χ1) is 20.5. The summed E-state index contributed by atoms with van der Waals surface area (Å²) in [6, 6.07) is 0. The molecular formula is C41H54O3. The molecule has 2 aliphatic carbocycles. The zero-order chi connectivity index (χ0) is 33.2. The molecule has 236 valence electrons. The van der Waals surface area contributed by atoms with Crippen molar-refractivity contribution in [2.45, 2.75) is 88.2 Å². The summed E-state index contributed by atoms with van der Waals surface area (Å²) in [4.78, 5) is 24.2. The van der Waals surface area contributed by atoms with Crippen molar-refractivity contribution in [1.82, 2.24) is 0 Å². The van der Waals surface area contributed by atoms with Gasteiger partial charge in [-0.3, -0.25) is 9.59 Å². The number of aliphatic hydroxyl groups excluding tert-OH is 1. The molecule has 0 aliphatic heterocycles. The third-order valence-electron chi connectivity index (χ3n) is 8.81. The van der Waals surface area contributed by atoms with E-state index in [1.807, 2.05) is 39.0 Å². The van der Waals surface area contributed by atoms with Crippen LogP contribution in [0.25, 0.3) is 0 Å². The van der Waals surface area contributed by atoms with E-state index >= 15 is 0 Å². The first-order valence-electron chi connectivity index (χ1n) is 15.7. The van der Waals surface area contributed by atoms with Gasteiger partial charge in [0, 0.05) is 12.3 Å². The smallest absolute Gasteiger partial charge is 0.201 e. The lowest BCUT2D eigenvalue weighted by Crippen LogP contribution is -2.43. The second-order valence-electron chi connectivity index (χ2n) is 13.9. The average molecular weight is 595 g/mol. The van der Waals surface area contributed by atoms with Gasteiger partial charge >= 0.3 is 0 Å². The van der Waals surface area contributed by atoms with Crippen LogP contribution in [0, 0.1) is 22.7 Å². The number of rotatable bonds is 10. The van der Waals surface area contributed by atoms with Gasteiger partial charge in [-0.15, -0.1) is 0 Å². The van der Waals surface area contributed by atoms with Crippen LogP contribution in [-0.4, -0.2) is 22.8 Å². The Morgan fingerprint density at radius 1 is 0.795 bits per heavy atom. The van der Waals surface area contributed by atoms with Gasteiger partial charge in [0.25, 0.3) is 0 Å². The van der Waals surface area contributed by atoms with Gasteiger partial charge in [-0.1, -0.05) is 149 Å². The molecule has 0 heterocycles. The summed E-state index contributed by atoms with van der Waals surface area (Å²) in [5.41, 5.74) is 7.38. The van der Waals surface area contributed by atoms with E-state index in [1.165, 1.54) is 5.57 Å². The van der Waals surface area contributed by atoms with Crippen molar-refractivity contribution in [3.8, 4) is 0 Å². The van der Waals surface area contributed by atoms with Crippen molar-refractivity contribution in [1.29, 1.82) is 0 Å². The number of aliphatic hydroxyl groups is 1. The molecule has 0 saturated heterocycles. The molecule has 0 spiro atoms. The summed E-state index contributed by atoms with van der Waals surface area (Å²) < 4.78 is 0. The van der Waals surface area contributed by atoms with Gasteiger partial charge in [-0.05, 0) is 74.5 Å². The Morgan fingerprint density at radius 3 is 1.82 bits per heavy atom. The lowest BCUT2D eigenvalue weighted by Gasteiger charge is -2.39. The molecule has 2 aliphatic rings. The van der Waals surface area contributed by atoms with Crippen molar-refractivity contribution in [2.75, 3.05) is 0 Å². The zero-order valence-corrected chi connectivity index (χ0v) is 28.7. The van der Waals surface area contributed by atoms with Crippen molar-refractivity contribution in [3.63, 3.8) is 0 Å². The molecule has 3 atom stereocenters. The van der Waals surface area contributed by atoms with Crippen LogP contribution in [0.4, 0.5) is 0 Å². The van der Waals surface area contributed by atoms with Crippen molar-refractivity contribution in [2.24, 2.45) is 22.7 Å². The zero-order valence-electron chi connectivity index (χ0n) is 28.7. The number of allylic oxidation sites excluding steroid dienone is 19.